The number of benzene rings is 3. The van der Waals surface area contributed by atoms with E-state index in [1.807, 2.05) is 56.3 Å². The third kappa shape index (κ3) is 3.04. The third-order valence-corrected chi connectivity index (χ3v) is 7.68. The molecule has 3 aromatic rings. The zero-order chi connectivity index (χ0) is 22.7. The van der Waals surface area contributed by atoms with Gasteiger partial charge >= 0.3 is 5.97 Å². The van der Waals surface area contributed by atoms with E-state index in [0.717, 1.165) is 12.1 Å². The van der Waals surface area contributed by atoms with E-state index < -0.39 is 11.5 Å². The van der Waals surface area contributed by atoms with Crippen LogP contribution < -0.4 is 4.90 Å². The number of amides is 1. The molecule has 1 amide bonds. The van der Waals surface area contributed by atoms with Crippen LogP contribution in [0.5, 0.6) is 0 Å². The van der Waals surface area contributed by atoms with Gasteiger partial charge in [-0.1, -0.05) is 80.6 Å². The number of rotatable bonds is 3. The van der Waals surface area contributed by atoms with Crippen LogP contribution >= 0.6 is 0 Å². The maximum absolute atomic E-state index is 13.6. The number of carbonyl (C=O) groups excluding carboxylic acids is 2. The molecule has 1 saturated heterocycles. The van der Waals surface area contributed by atoms with E-state index in [4.69, 9.17) is 4.74 Å². The number of fused-ring (bicyclic) bond motifs is 1. The van der Waals surface area contributed by atoms with E-state index in [1.165, 1.54) is 22.3 Å². The fraction of sp³-hybridized carbons (Fsp3) is 0.310. The molecule has 0 aromatic heterocycles. The number of para-hydroxylation sites is 1. The lowest BCUT2D eigenvalue weighted by Gasteiger charge is -2.44. The second-order valence-corrected chi connectivity index (χ2v) is 10.2. The lowest BCUT2D eigenvalue weighted by atomic mass is 9.59. The molecule has 2 atom stereocenters. The highest BCUT2D eigenvalue weighted by Gasteiger charge is 2.52. The molecule has 1 heterocycles. The summed E-state index contributed by atoms with van der Waals surface area (Å²) in [7, 11) is 0. The number of anilines is 1. The fourth-order valence-corrected chi connectivity index (χ4v) is 6.15. The lowest BCUT2D eigenvalue weighted by molar-refractivity contribution is -0.163. The molecule has 166 valence electrons. The Hall–Kier alpha value is -3.40. The normalized spacial score (nSPS) is 26.6. The highest BCUT2D eigenvalue weighted by Crippen LogP contribution is 2.55. The third-order valence-electron chi connectivity index (χ3n) is 7.68. The molecule has 3 aliphatic carbocycles. The summed E-state index contributed by atoms with van der Waals surface area (Å²) >= 11 is 0. The van der Waals surface area contributed by atoms with E-state index in [9.17, 15) is 9.59 Å². The summed E-state index contributed by atoms with van der Waals surface area (Å²) in [4.78, 5) is 28.7. The Kier molecular flexibility index (Phi) is 4.48. The second kappa shape index (κ2) is 7.31. The monoisotopic (exact) mass is 437 g/mol. The molecule has 33 heavy (non-hydrogen) atoms. The first-order chi connectivity index (χ1) is 16.0. The average Bonchev–Trinajstić information content (AvgIpc) is 3.08. The van der Waals surface area contributed by atoms with Crippen molar-refractivity contribution in [1.29, 1.82) is 0 Å². The van der Waals surface area contributed by atoms with Crippen LogP contribution in [0.1, 0.15) is 54.4 Å². The molecular formula is C29H27NO3. The molecule has 4 heteroatoms. The van der Waals surface area contributed by atoms with Crippen LogP contribution in [0.4, 0.5) is 5.69 Å². The molecule has 1 fully saturated rings. The van der Waals surface area contributed by atoms with Gasteiger partial charge < -0.3 is 9.64 Å². The van der Waals surface area contributed by atoms with E-state index in [0.29, 0.717) is 6.54 Å². The SMILES string of the molecule is CC1(C)CN(c2ccccc2)C(=O)[C@H]1OC(=O)[C@@H]1CC2c3ccccc3C1c1ccccc12. The van der Waals surface area contributed by atoms with E-state index in [-0.39, 0.29) is 29.6 Å². The summed E-state index contributed by atoms with van der Waals surface area (Å²) in [5.74, 6) is -0.515. The van der Waals surface area contributed by atoms with Crippen molar-refractivity contribution in [2.45, 2.75) is 38.2 Å². The van der Waals surface area contributed by atoms with Crippen LogP contribution in [0.3, 0.4) is 0 Å². The van der Waals surface area contributed by atoms with Crippen molar-refractivity contribution in [3.63, 3.8) is 0 Å². The van der Waals surface area contributed by atoms with Crippen LogP contribution in [-0.4, -0.2) is 24.5 Å². The average molecular weight is 438 g/mol. The van der Waals surface area contributed by atoms with Crippen molar-refractivity contribution < 1.29 is 14.3 Å². The molecule has 0 unspecified atom stereocenters. The fourth-order valence-electron chi connectivity index (χ4n) is 6.15. The van der Waals surface area contributed by atoms with E-state index >= 15 is 0 Å². The minimum Gasteiger partial charge on any atom is -0.451 e. The first-order valence-electron chi connectivity index (χ1n) is 11.7. The summed E-state index contributed by atoms with van der Waals surface area (Å²) in [6, 6.07) is 26.5. The van der Waals surface area contributed by atoms with Crippen LogP contribution in [0.2, 0.25) is 0 Å². The van der Waals surface area contributed by atoms with Gasteiger partial charge in [-0.3, -0.25) is 9.59 Å². The topological polar surface area (TPSA) is 46.6 Å². The molecule has 0 spiro atoms. The maximum Gasteiger partial charge on any atom is 0.310 e. The lowest BCUT2D eigenvalue weighted by Crippen LogP contribution is -2.42. The molecular weight excluding hydrogens is 410 g/mol. The first kappa shape index (κ1) is 20.2. The number of hydrogen-bond donors (Lipinski definition) is 0. The van der Waals surface area contributed by atoms with Crippen LogP contribution in [-0.2, 0) is 14.3 Å². The number of nitrogens with zero attached hydrogens (tertiary/aromatic N) is 1. The number of ether oxygens (including phenoxy) is 1. The molecule has 7 rings (SSSR count). The van der Waals surface area contributed by atoms with Crippen molar-refractivity contribution >= 4 is 17.6 Å². The Morgan fingerprint density at radius 3 is 2.00 bits per heavy atom. The van der Waals surface area contributed by atoms with Crippen LogP contribution in [0.15, 0.2) is 78.9 Å². The van der Waals surface area contributed by atoms with Gasteiger partial charge in [0.1, 0.15) is 0 Å². The van der Waals surface area contributed by atoms with Gasteiger partial charge in [-0.05, 0) is 40.8 Å². The van der Waals surface area contributed by atoms with Gasteiger partial charge in [0.05, 0.1) is 5.92 Å². The van der Waals surface area contributed by atoms with Crippen molar-refractivity contribution in [1.82, 2.24) is 0 Å². The Morgan fingerprint density at radius 2 is 1.39 bits per heavy atom. The molecule has 4 nitrogen and oxygen atoms in total. The van der Waals surface area contributed by atoms with Gasteiger partial charge in [-0.2, -0.15) is 0 Å². The van der Waals surface area contributed by atoms with Gasteiger partial charge in [0, 0.05) is 29.5 Å². The van der Waals surface area contributed by atoms with Gasteiger partial charge in [0.15, 0.2) is 6.10 Å². The zero-order valence-corrected chi connectivity index (χ0v) is 18.9. The highest BCUT2D eigenvalue weighted by atomic mass is 16.6. The standard InChI is InChI=1S/C29H27NO3/c1-29(2)17-30(18-10-4-3-5-11-18)27(31)26(29)33-28(32)24-16-23-19-12-6-8-14-21(19)25(24)22-15-9-7-13-20(22)23/h3-15,23-26H,16-17H2,1-2H3/t23?,24-,25?,26-/m1/s1. The number of esters is 1. The summed E-state index contributed by atoms with van der Waals surface area (Å²) in [5.41, 5.74) is 5.45. The Bertz CT molecular complexity index is 1200. The summed E-state index contributed by atoms with van der Waals surface area (Å²) in [6.07, 6.45) is -0.0579. The van der Waals surface area contributed by atoms with Crippen LogP contribution in [0.25, 0.3) is 0 Å². The van der Waals surface area contributed by atoms with Gasteiger partial charge in [0.2, 0.25) is 0 Å². The Morgan fingerprint density at radius 1 is 0.848 bits per heavy atom. The van der Waals surface area contributed by atoms with Gasteiger partial charge in [-0.15, -0.1) is 0 Å². The summed E-state index contributed by atoms with van der Waals surface area (Å²) in [5, 5.41) is 0. The maximum atomic E-state index is 13.6. The van der Waals surface area contributed by atoms with Gasteiger partial charge in [0.25, 0.3) is 5.91 Å². The quantitative estimate of drug-likeness (QED) is 0.525. The Balaban J connectivity index is 1.31. The summed E-state index contributed by atoms with van der Waals surface area (Å²) < 4.78 is 6.08. The largest absolute Gasteiger partial charge is 0.451 e. The minimum atomic E-state index is -0.781. The highest BCUT2D eigenvalue weighted by molar-refractivity contribution is 6.01. The molecule has 0 radical (unpaired) electrons. The van der Waals surface area contributed by atoms with Crippen LogP contribution in [0, 0.1) is 11.3 Å². The smallest absolute Gasteiger partial charge is 0.310 e. The minimum absolute atomic E-state index is 0.0280. The second-order valence-electron chi connectivity index (χ2n) is 10.2. The first-order valence-corrected chi connectivity index (χ1v) is 11.7. The number of carbonyl (C=O) groups is 2. The predicted molar refractivity (Wildman–Crippen MR) is 127 cm³/mol. The Labute approximate surface area is 194 Å². The van der Waals surface area contributed by atoms with Crippen molar-refractivity contribution in [3.8, 4) is 0 Å². The van der Waals surface area contributed by atoms with E-state index in [1.54, 1.807) is 4.90 Å². The molecule has 4 aliphatic rings. The molecule has 0 saturated carbocycles. The molecule has 1 aliphatic heterocycles. The van der Waals surface area contributed by atoms with Crippen molar-refractivity contribution in [3.05, 3.63) is 101 Å². The zero-order valence-electron chi connectivity index (χ0n) is 18.9. The van der Waals surface area contributed by atoms with Crippen molar-refractivity contribution in [2.75, 3.05) is 11.4 Å². The predicted octanol–water partition coefficient (Wildman–Crippen LogP) is 5.27. The summed E-state index contributed by atoms with van der Waals surface area (Å²) in [6.45, 7) is 4.53. The molecule has 2 bridgehead atoms. The molecule has 0 N–H and O–H groups in total. The molecule has 3 aromatic carbocycles. The number of hydrogen-bond acceptors (Lipinski definition) is 3. The van der Waals surface area contributed by atoms with Gasteiger partial charge in [-0.25, -0.2) is 0 Å². The van der Waals surface area contributed by atoms with Crippen molar-refractivity contribution in [2.24, 2.45) is 11.3 Å². The van der Waals surface area contributed by atoms with E-state index in [2.05, 4.69) is 36.4 Å².